The molecule has 0 bridgehead atoms. The molecule has 1 heteroatoms. The Bertz CT molecular complexity index is 76.9. The molecule has 0 nitrogen and oxygen atoms in total. The average molecular weight is 175 g/mol. The lowest BCUT2D eigenvalue weighted by Gasteiger charge is -2.16. The van der Waals surface area contributed by atoms with E-state index in [1.807, 2.05) is 0 Å². The van der Waals surface area contributed by atoms with Gasteiger partial charge in [0, 0.05) is 20.6 Å². The summed E-state index contributed by atoms with van der Waals surface area (Å²) in [5.41, 5.74) is 0. The lowest BCUT2D eigenvalue weighted by molar-refractivity contribution is 0.863. The molecule has 0 fully saturated rings. The topological polar surface area (TPSA) is 0 Å². The van der Waals surface area contributed by atoms with E-state index in [2.05, 4.69) is 27.2 Å². The second-order valence-corrected chi connectivity index (χ2v) is 8.86. The summed E-state index contributed by atoms with van der Waals surface area (Å²) in [4.78, 5) is 0. The Labute approximate surface area is 73.1 Å². The van der Waals surface area contributed by atoms with Crippen LogP contribution in [0.3, 0.4) is 0 Å². The molecule has 0 aromatic heterocycles. The number of unbranched alkanes of at least 4 members (excludes halogenated alkanes) is 2. The van der Waals surface area contributed by atoms with Gasteiger partial charge in [-0.05, 0) is 12.8 Å². The Morgan fingerprint density at radius 2 is 1.18 bits per heavy atom. The molecule has 0 aromatic carbocycles. The maximum absolute atomic E-state index is 2.51. The fourth-order valence-corrected chi connectivity index (χ4v) is 3.85. The lowest BCUT2D eigenvalue weighted by Crippen LogP contribution is -2.00. The molecule has 0 saturated carbocycles. The van der Waals surface area contributed by atoms with Gasteiger partial charge in [-0.3, -0.25) is 0 Å². The molecule has 0 aliphatic heterocycles. The van der Waals surface area contributed by atoms with Gasteiger partial charge in [-0.1, -0.05) is 26.7 Å². The van der Waals surface area contributed by atoms with Gasteiger partial charge in [0.25, 0.3) is 0 Å². The molecule has 0 aromatic rings. The van der Waals surface area contributed by atoms with Crippen molar-refractivity contribution in [3.63, 3.8) is 0 Å². The highest BCUT2D eigenvalue weighted by Gasteiger charge is 2.22. The van der Waals surface area contributed by atoms with Crippen molar-refractivity contribution in [2.45, 2.75) is 39.5 Å². The van der Waals surface area contributed by atoms with Gasteiger partial charge in [0.05, 0.1) is 12.3 Å². The molecule has 0 amide bonds. The van der Waals surface area contributed by atoms with Gasteiger partial charge in [0.1, 0.15) is 0 Å². The van der Waals surface area contributed by atoms with Crippen molar-refractivity contribution in [1.82, 2.24) is 0 Å². The second-order valence-electron chi connectivity index (χ2n) is 4.09. The summed E-state index contributed by atoms with van der Waals surface area (Å²) in [6.45, 7) is 9.61. The predicted molar refractivity (Wildman–Crippen MR) is 58.3 cm³/mol. The molecular weight excluding hydrogens is 151 g/mol. The molecule has 0 N–H and O–H groups in total. The fraction of sp³-hybridized carbons (Fsp3) is 1.00. The highest BCUT2D eigenvalue weighted by molar-refractivity contribution is 7.74. The maximum Gasteiger partial charge on any atom is 0.0588 e. The number of hydrogen-bond acceptors (Lipinski definition) is 0. The Kier molecular flexibility index (Phi) is 6.24. The van der Waals surface area contributed by atoms with Crippen molar-refractivity contribution in [3.8, 4) is 0 Å². The van der Waals surface area contributed by atoms with E-state index in [0.29, 0.717) is 0 Å². The summed E-state index contributed by atoms with van der Waals surface area (Å²) in [7, 11) is -0.476. The van der Waals surface area contributed by atoms with E-state index < -0.39 is 7.26 Å². The number of hydrogen-bond donors (Lipinski definition) is 0. The highest BCUT2D eigenvalue weighted by Crippen LogP contribution is 2.52. The van der Waals surface area contributed by atoms with E-state index in [0.717, 1.165) is 0 Å². The van der Waals surface area contributed by atoms with Crippen molar-refractivity contribution >= 4 is 7.26 Å². The van der Waals surface area contributed by atoms with Gasteiger partial charge in [-0.25, -0.2) is 0 Å². The normalized spacial score (nSPS) is 12.0. The van der Waals surface area contributed by atoms with Gasteiger partial charge in [-0.2, -0.15) is 0 Å². The van der Waals surface area contributed by atoms with Gasteiger partial charge < -0.3 is 0 Å². The summed E-state index contributed by atoms with van der Waals surface area (Å²) in [6.07, 6.45) is 8.67. The molecule has 0 aliphatic rings. The monoisotopic (exact) mass is 175 g/mol. The molecule has 0 rings (SSSR count). The minimum Gasteiger partial charge on any atom is -0.0652 e. The third-order valence-corrected chi connectivity index (χ3v) is 5.29. The van der Waals surface area contributed by atoms with Crippen LogP contribution >= 0.6 is 7.26 Å². The van der Waals surface area contributed by atoms with Crippen LogP contribution in [0.25, 0.3) is 0 Å². The average Bonchev–Trinajstić information content (AvgIpc) is 1.97. The Morgan fingerprint density at radius 3 is 1.45 bits per heavy atom. The Balaban J connectivity index is 3.43. The predicted octanol–water partition coefficient (Wildman–Crippen LogP) is 3.86. The van der Waals surface area contributed by atoms with Crippen molar-refractivity contribution in [3.05, 3.63) is 0 Å². The first kappa shape index (κ1) is 11.4. The minimum absolute atomic E-state index is 0.476. The van der Waals surface area contributed by atoms with Crippen LogP contribution in [0.1, 0.15) is 39.5 Å². The van der Waals surface area contributed by atoms with Crippen LogP contribution in [0.4, 0.5) is 0 Å². The van der Waals surface area contributed by atoms with Crippen molar-refractivity contribution < 1.29 is 0 Å². The van der Waals surface area contributed by atoms with Crippen LogP contribution in [-0.2, 0) is 0 Å². The fourth-order valence-electron chi connectivity index (χ4n) is 1.28. The van der Waals surface area contributed by atoms with Crippen molar-refractivity contribution in [2.24, 2.45) is 0 Å². The van der Waals surface area contributed by atoms with Crippen molar-refractivity contribution in [2.75, 3.05) is 25.7 Å². The quantitative estimate of drug-likeness (QED) is 0.538. The molecule has 0 radical (unpaired) electrons. The molecule has 0 heterocycles. The molecule has 0 atom stereocenters. The zero-order valence-electron chi connectivity index (χ0n) is 8.69. The maximum atomic E-state index is 2.51. The van der Waals surface area contributed by atoms with Crippen LogP contribution < -0.4 is 0 Å². The van der Waals surface area contributed by atoms with Gasteiger partial charge in [0.2, 0.25) is 0 Å². The lowest BCUT2D eigenvalue weighted by atomic mass is 10.4. The molecule has 0 unspecified atom stereocenters. The van der Waals surface area contributed by atoms with E-state index in [-0.39, 0.29) is 0 Å². The SMILES string of the molecule is CCCC[P+](C)(C)CCCC. The van der Waals surface area contributed by atoms with E-state index in [1.165, 1.54) is 38.0 Å². The second kappa shape index (κ2) is 6.00. The van der Waals surface area contributed by atoms with E-state index in [1.54, 1.807) is 0 Å². The van der Waals surface area contributed by atoms with E-state index in [9.17, 15) is 0 Å². The molecule has 0 aliphatic carbocycles. The standard InChI is InChI=1S/C10H24P/c1-5-7-9-11(3,4)10-8-6-2/h5-10H2,1-4H3/q+1. The Morgan fingerprint density at radius 1 is 0.818 bits per heavy atom. The third kappa shape index (κ3) is 6.81. The van der Waals surface area contributed by atoms with Crippen molar-refractivity contribution in [1.29, 1.82) is 0 Å². The van der Waals surface area contributed by atoms with Crippen LogP contribution in [0.5, 0.6) is 0 Å². The molecular formula is C10H24P+. The Hall–Kier alpha value is 0.430. The first-order valence-electron chi connectivity index (χ1n) is 4.94. The summed E-state index contributed by atoms with van der Waals surface area (Å²) < 4.78 is 0. The summed E-state index contributed by atoms with van der Waals surface area (Å²) in [5, 5.41) is 0. The highest BCUT2D eigenvalue weighted by atomic mass is 31.2. The zero-order chi connectivity index (χ0) is 8.74. The summed E-state index contributed by atoms with van der Waals surface area (Å²) >= 11 is 0. The number of rotatable bonds is 6. The van der Waals surface area contributed by atoms with Crippen LogP contribution in [-0.4, -0.2) is 25.7 Å². The summed E-state index contributed by atoms with van der Waals surface area (Å²) in [6, 6.07) is 0. The van der Waals surface area contributed by atoms with Gasteiger partial charge in [0.15, 0.2) is 0 Å². The first-order chi connectivity index (χ1) is 5.12. The smallest absolute Gasteiger partial charge is 0.0588 e. The molecule has 0 spiro atoms. The zero-order valence-corrected chi connectivity index (χ0v) is 9.58. The van der Waals surface area contributed by atoms with Gasteiger partial charge in [-0.15, -0.1) is 0 Å². The first-order valence-corrected chi connectivity index (χ1v) is 7.99. The molecule has 0 saturated heterocycles. The minimum atomic E-state index is -0.476. The molecule has 68 valence electrons. The van der Waals surface area contributed by atoms with E-state index >= 15 is 0 Å². The molecule has 11 heavy (non-hydrogen) atoms. The van der Waals surface area contributed by atoms with Crippen LogP contribution in [0, 0.1) is 0 Å². The van der Waals surface area contributed by atoms with E-state index in [4.69, 9.17) is 0 Å². The van der Waals surface area contributed by atoms with Crippen LogP contribution in [0.2, 0.25) is 0 Å². The third-order valence-electron chi connectivity index (χ3n) is 2.23. The largest absolute Gasteiger partial charge is 0.0652 e. The van der Waals surface area contributed by atoms with Crippen LogP contribution in [0.15, 0.2) is 0 Å². The summed E-state index contributed by atoms with van der Waals surface area (Å²) in [5.74, 6) is 0. The van der Waals surface area contributed by atoms with Gasteiger partial charge >= 0.3 is 0 Å².